The standard InChI is InChI=1S/C16H24N2O2S/c1-21(19,20)18-9-5-6-13(12-18)11-17-16-10-15(16)14-7-3-2-4-8-14/h2-4,7-8,13,15-17H,5-6,9-12H2,1H3. The first kappa shape index (κ1) is 15.0. The monoisotopic (exact) mass is 308 g/mol. The van der Waals surface area contributed by atoms with Crippen LogP contribution in [0.3, 0.4) is 0 Å². The summed E-state index contributed by atoms with van der Waals surface area (Å²) in [6.07, 6.45) is 4.62. The minimum Gasteiger partial charge on any atom is -0.313 e. The summed E-state index contributed by atoms with van der Waals surface area (Å²) in [6, 6.07) is 11.2. The minimum atomic E-state index is -3.03. The predicted molar refractivity (Wildman–Crippen MR) is 84.7 cm³/mol. The van der Waals surface area contributed by atoms with Crippen molar-refractivity contribution < 1.29 is 8.42 Å². The van der Waals surface area contributed by atoms with Crippen LogP contribution >= 0.6 is 0 Å². The fourth-order valence-corrected chi connectivity index (χ4v) is 4.24. The van der Waals surface area contributed by atoms with E-state index in [-0.39, 0.29) is 0 Å². The smallest absolute Gasteiger partial charge is 0.211 e. The van der Waals surface area contributed by atoms with Crippen molar-refractivity contribution in [2.45, 2.75) is 31.2 Å². The van der Waals surface area contributed by atoms with Gasteiger partial charge in [-0.3, -0.25) is 0 Å². The van der Waals surface area contributed by atoms with Gasteiger partial charge >= 0.3 is 0 Å². The number of hydrogen-bond donors (Lipinski definition) is 1. The number of nitrogens with one attached hydrogen (secondary N) is 1. The second-order valence-electron chi connectivity index (χ2n) is 6.40. The highest BCUT2D eigenvalue weighted by Gasteiger charge is 2.38. The SMILES string of the molecule is CS(=O)(=O)N1CCCC(CNC2CC2c2ccccc2)C1. The van der Waals surface area contributed by atoms with E-state index in [2.05, 4.69) is 35.6 Å². The molecule has 0 amide bonds. The van der Waals surface area contributed by atoms with Gasteiger partial charge in [0.15, 0.2) is 0 Å². The molecule has 1 aromatic rings. The zero-order valence-corrected chi connectivity index (χ0v) is 13.3. The molecule has 2 aliphatic rings. The van der Waals surface area contributed by atoms with Crippen molar-refractivity contribution in [3.8, 4) is 0 Å². The second-order valence-corrected chi connectivity index (χ2v) is 8.38. The molecule has 5 heteroatoms. The number of hydrogen-bond acceptors (Lipinski definition) is 3. The van der Waals surface area contributed by atoms with Gasteiger partial charge in [-0.05, 0) is 37.3 Å². The maximum atomic E-state index is 11.6. The Morgan fingerprint density at radius 3 is 2.76 bits per heavy atom. The molecule has 1 aliphatic carbocycles. The third-order valence-corrected chi connectivity index (χ3v) is 5.91. The highest BCUT2D eigenvalue weighted by molar-refractivity contribution is 7.88. The molecule has 1 aromatic carbocycles. The number of piperidine rings is 1. The Labute approximate surface area is 127 Å². The van der Waals surface area contributed by atoms with Crippen LogP contribution in [-0.4, -0.2) is 44.7 Å². The van der Waals surface area contributed by atoms with Crippen LogP contribution in [-0.2, 0) is 10.0 Å². The van der Waals surface area contributed by atoms with Gasteiger partial charge in [-0.1, -0.05) is 30.3 Å². The van der Waals surface area contributed by atoms with Crippen LogP contribution in [0.25, 0.3) is 0 Å². The average Bonchev–Trinajstić information content (AvgIpc) is 3.25. The van der Waals surface area contributed by atoms with Crippen LogP contribution in [0, 0.1) is 5.92 Å². The fourth-order valence-electron chi connectivity index (χ4n) is 3.30. The Morgan fingerprint density at radius 1 is 1.29 bits per heavy atom. The van der Waals surface area contributed by atoms with Crippen molar-refractivity contribution in [3.63, 3.8) is 0 Å². The van der Waals surface area contributed by atoms with E-state index >= 15 is 0 Å². The van der Waals surface area contributed by atoms with Crippen molar-refractivity contribution in [2.24, 2.45) is 5.92 Å². The van der Waals surface area contributed by atoms with Gasteiger partial charge in [0.1, 0.15) is 0 Å². The van der Waals surface area contributed by atoms with E-state index in [1.807, 2.05) is 0 Å². The minimum absolute atomic E-state index is 0.450. The molecule has 0 aromatic heterocycles. The molecule has 1 saturated carbocycles. The van der Waals surface area contributed by atoms with Gasteiger partial charge in [0.05, 0.1) is 6.26 Å². The first-order valence-electron chi connectivity index (χ1n) is 7.77. The largest absolute Gasteiger partial charge is 0.313 e. The zero-order chi connectivity index (χ0) is 14.9. The van der Waals surface area contributed by atoms with Crippen molar-refractivity contribution in [3.05, 3.63) is 35.9 Å². The van der Waals surface area contributed by atoms with Gasteiger partial charge in [-0.25, -0.2) is 12.7 Å². The Morgan fingerprint density at radius 2 is 2.05 bits per heavy atom. The second kappa shape index (κ2) is 6.07. The van der Waals surface area contributed by atoms with Crippen LogP contribution in [0.15, 0.2) is 30.3 Å². The lowest BCUT2D eigenvalue weighted by Gasteiger charge is -2.31. The summed E-state index contributed by atoms with van der Waals surface area (Å²) in [5, 5.41) is 3.63. The average molecular weight is 308 g/mol. The molecule has 1 saturated heterocycles. The summed E-state index contributed by atoms with van der Waals surface area (Å²) >= 11 is 0. The van der Waals surface area contributed by atoms with Gasteiger partial charge < -0.3 is 5.32 Å². The van der Waals surface area contributed by atoms with E-state index < -0.39 is 10.0 Å². The van der Waals surface area contributed by atoms with E-state index in [1.165, 1.54) is 18.2 Å². The van der Waals surface area contributed by atoms with Crippen molar-refractivity contribution in [1.29, 1.82) is 0 Å². The molecule has 0 bridgehead atoms. The van der Waals surface area contributed by atoms with Gasteiger partial charge in [-0.15, -0.1) is 0 Å². The molecule has 0 spiro atoms. The first-order valence-corrected chi connectivity index (χ1v) is 9.62. The quantitative estimate of drug-likeness (QED) is 0.902. The third-order valence-electron chi connectivity index (χ3n) is 4.64. The molecule has 3 unspecified atom stereocenters. The Bertz CT molecular complexity index is 573. The molecule has 0 radical (unpaired) electrons. The number of sulfonamides is 1. The van der Waals surface area contributed by atoms with Gasteiger partial charge in [0.2, 0.25) is 10.0 Å². The maximum absolute atomic E-state index is 11.6. The van der Waals surface area contributed by atoms with E-state index in [1.54, 1.807) is 4.31 Å². The van der Waals surface area contributed by atoms with E-state index in [9.17, 15) is 8.42 Å². The van der Waals surface area contributed by atoms with Crippen LogP contribution < -0.4 is 5.32 Å². The molecular formula is C16H24N2O2S. The van der Waals surface area contributed by atoms with Crippen LogP contribution in [0.5, 0.6) is 0 Å². The highest BCUT2D eigenvalue weighted by Crippen LogP contribution is 2.40. The Kier molecular flexibility index (Phi) is 4.33. The lowest BCUT2D eigenvalue weighted by atomic mass is 9.99. The Balaban J connectivity index is 1.46. The summed E-state index contributed by atoms with van der Waals surface area (Å²) in [4.78, 5) is 0. The Hall–Kier alpha value is -0.910. The summed E-state index contributed by atoms with van der Waals surface area (Å²) in [5.74, 6) is 1.09. The number of rotatable bonds is 5. The van der Waals surface area contributed by atoms with Gasteiger partial charge in [-0.2, -0.15) is 0 Å². The van der Waals surface area contributed by atoms with Crippen LogP contribution in [0.1, 0.15) is 30.7 Å². The zero-order valence-electron chi connectivity index (χ0n) is 12.5. The fraction of sp³-hybridized carbons (Fsp3) is 0.625. The van der Waals surface area contributed by atoms with E-state index in [0.717, 1.165) is 19.4 Å². The lowest BCUT2D eigenvalue weighted by molar-refractivity contribution is 0.260. The summed E-state index contributed by atoms with van der Waals surface area (Å²) < 4.78 is 24.9. The van der Waals surface area contributed by atoms with Crippen LogP contribution in [0.2, 0.25) is 0 Å². The summed E-state index contributed by atoms with van der Waals surface area (Å²) in [6.45, 7) is 2.29. The van der Waals surface area contributed by atoms with Gasteiger partial charge in [0.25, 0.3) is 0 Å². The molecule has 3 rings (SSSR count). The molecule has 3 atom stereocenters. The molecular weight excluding hydrogens is 284 g/mol. The van der Waals surface area contributed by atoms with Gasteiger partial charge in [0, 0.05) is 25.0 Å². The normalized spacial score (nSPS) is 30.2. The summed E-state index contributed by atoms with van der Waals surface area (Å²) in [5.41, 5.74) is 1.41. The number of nitrogens with zero attached hydrogens (tertiary/aromatic N) is 1. The maximum Gasteiger partial charge on any atom is 0.211 e. The van der Waals surface area contributed by atoms with E-state index in [0.29, 0.717) is 31.0 Å². The third kappa shape index (κ3) is 3.84. The molecule has 1 N–H and O–H groups in total. The summed E-state index contributed by atoms with van der Waals surface area (Å²) in [7, 11) is -3.03. The molecule has 21 heavy (non-hydrogen) atoms. The number of benzene rings is 1. The first-order chi connectivity index (χ1) is 10.0. The molecule has 1 heterocycles. The van der Waals surface area contributed by atoms with Crippen molar-refractivity contribution in [2.75, 3.05) is 25.9 Å². The van der Waals surface area contributed by atoms with Crippen molar-refractivity contribution in [1.82, 2.24) is 9.62 Å². The predicted octanol–water partition coefficient (Wildman–Crippen LogP) is 1.80. The molecule has 2 fully saturated rings. The van der Waals surface area contributed by atoms with Crippen LogP contribution in [0.4, 0.5) is 0 Å². The molecule has 1 aliphatic heterocycles. The van der Waals surface area contributed by atoms with Crippen molar-refractivity contribution >= 4 is 10.0 Å². The molecule has 4 nitrogen and oxygen atoms in total. The molecule has 116 valence electrons. The van der Waals surface area contributed by atoms with E-state index in [4.69, 9.17) is 0 Å². The lowest BCUT2D eigenvalue weighted by Crippen LogP contribution is -2.42. The topological polar surface area (TPSA) is 49.4 Å². The highest BCUT2D eigenvalue weighted by atomic mass is 32.2.